The van der Waals surface area contributed by atoms with Crippen LogP contribution in [0.2, 0.25) is 0 Å². The molecule has 0 aliphatic carbocycles. The monoisotopic (exact) mass is 390 g/mol. The molecule has 1 aromatic carbocycles. The normalized spacial score (nSPS) is 20.6. The Bertz CT molecular complexity index is 738. The second-order valence-electron chi connectivity index (χ2n) is 7.17. The first kappa shape index (κ1) is 20.0. The van der Waals surface area contributed by atoms with E-state index in [1.54, 1.807) is 29.5 Å². The predicted molar refractivity (Wildman–Crippen MR) is 106 cm³/mol. The average molecular weight is 391 g/mol. The number of hydroxylamine groups is 2. The molecular weight excluding hydrogens is 363 g/mol. The number of nitrogens with zero attached hydrogens (tertiary/aromatic N) is 2. The summed E-state index contributed by atoms with van der Waals surface area (Å²) in [5, 5.41) is 3.58. The van der Waals surface area contributed by atoms with E-state index in [1.165, 1.54) is 22.9 Å². The molecule has 6 heteroatoms. The lowest BCUT2D eigenvalue weighted by Crippen LogP contribution is -2.51. The molecule has 0 radical (unpaired) electrons. The second-order valence-corrected chi connectivity index (χ2v) is 8.21. The molecule has 1 saturated heterocycles. The number of piperidine rings is 1. The molecule has 2 atom stereocenters. The van der Waals surface area contributed by atoms with Crippen molar-refractivity contribution in [2.75, 3.05) is 19.6 Å². The molecule has 1 fully saturated rings. The van der Waals surface area contributed by atoms with E-state index in [0.717, 1.165) is 32.5 Å². The number of carbonyl (C=O) groups is 1. The maximum Gasteiger partial charge on any atom is 0.243 e. The van der Waals surface area contributed by atoms with Crippen molar-refractivity contribution in [3.8, 4) is 0 Å². The van der Waals surface area contributed by atoms with E-state index in [2.05, 4.69) is 29.3 Å². The molecule has 1 aromatic heterocycles. The van der Waals surface area contributed by atoms with Crippen molar-refractivity contribution in [2.45, 2.75) is 39.3 Å². The molecule has 3 rings (SSSR count). The SMILES string of the molecule is CC(=O)N(OCc1ccccc1F)[C@@H]1CCN(CCc2cccs2)C[C@H]1C. The second kappa shape index (κ2) is 9.44. The largest absolute Gasteiger partial charge is 0.303 e. The van der Waals surface area contributed by atoms with Crippen molar-refractivity contribution in [2.24, 2.45) is 5.92 Å². The van der Waals surface area contributed by atoms with Crippen molar-refractivity contribution in [3.63, 3.8) is 0 Å². The molecule has 146 valence electrons. The van der Waals surface area contributed by atoms with Crippen molar-refractivity contribution in [3.05, 3.63) is 58.0 Å². The number of benzene rings is 1. The molecule has 1 aliphatic rings. The highest BCUT2D eigenvalue weighted by molar-refractivity contribution is 7.09. The van der Waals surface area contributed by atoms with Gasteiger partial charge in [-0.25, -0.2) is 9.45 Å². The first-order chi connectivity index (χ1) is 13.0. The Morgan fingerprint density at radius 3 is 2.81 bits per heavy atom. The van der Waals surface area contributed by atoms with E-state index in [4.69, 9.17) is 4.84 Å². The standard InChI is InChI=1S/C21H27FN2O2S/c1-16-14-23(11-9-19-7-5-13-27-19)12-10-21(16)24(17(2)25)26-15-18-6-3-4-8-20(18)22/h3-8,13,16,21H,9-12,14-15H2,1-2H3/t16-,21-/m1/s1. The van der Waals surface area contributed by atoms with E-state index in [-0.39, 0.29) is 24.4 Å². The number of rotatable bonds is 7. The highest BCUT2D eigenvalue weighted by atomic mass is 32.1. The molecule has 0 saturated carbocycles. The lowest BCUT2D eigenvalue weighted by molar-refractivity contribution is -0.214. The molecule has 1 amide bonds. The highest BCUT2D eigenvalue weighted by Gasteiger charge is 2.33. The van der Waals surface area contributed by atoms with Crippen LogP contribution in [-0.4, -0.2) is 41.5 Å². The molecular formula is C21H27FN2O2S. The number of hydrogen-bond donors (Lipinski definition) is 0. The summed E-state index contributed by atoms with van der Waals surface area (Å²) in [5.41, 5.74) is 0.463. The first-order valence-electron chi connectivity index (χ1n) is 9.45. The number of likely N-dealkylation sites (tertiary alicyclic amines) is 1. The fourth-order valence-corrected chi connectivity index (χ4v) is 4.37. The van der Waals surface area contributed by atoms with E-state index >= 15 is 0 Å². The van der Waals surface area contributed by atoms with Gasteiger partial charge >= 0.3 is 0 Å². The van der Waals surface area contributed by atoms with Crippen molar-refractivity contribution in [1.82, 2.24) is 9.96 Å². The minimum atomic E-state index is -0.308. The Morgan fingerprint density at radius 2 is 2.15 bits per heavy atom. The summed E-state index contributed by atoms with van der Waals surface area (Å²) in [6, 6.07) is 10.8. The zero-order valence-electron chi connectivity index (χ0n) is 15.9. The van der Waals surface area contributed by atoms with E-state index in [9.17, 15) is 9.18 Å². The Hall–Kier alpha value is -1.76. The average Bonchev–Trinajstić information content (AvgIpc) is 3.16. The van der Waals surface area contributed by atoms with Gasteiger partial charge in [-0.3, -0.25) is 9.63 Å². The number of carbonyl (C=O) groups excluding carboxylic acids is 1. The van der Waals surface area contributed by atoms with Crippen LogP contribution in [0.5, 0.6) is 0 Å². The number of hydrogen-bond acceptors (Lipinski definition) is 4. The van der Waals surface area contributed by atoms with E-state index in [0.29, 0.717) is 11.5 Å². The lowest BCUT2D eigenvalue weighted by atomic mass is 9.93. The van der Waals surface area contributed by atoms with Gasteiger partial charge in [0.05, 0.1) is 6.04 Å². The molecule has 0 bridgehead atoms. The summed E-state index contributed by atoms with van der Waals surface area (Å²) in [4.78, 5) is 21.8. The fourth-order valence-electron chi connectivity index (χ4n) is 3.67. The van der Waals surface area contributed by atoms with Gasteiger partial charge in [-0.05, 0) is 36.3 Å². The third-order valence-electron chi connectivity index (χ3n) is 5.13. The number of amides is 1. The molecule has 2 heterocycles. The van der Waals surface area contributed by atoms with Crippen LogP contribution in [0, 0.1) is 11.7 Å². The van der Waals surface area contributed by atoms with Gasteiger partial charge in [0.2, 0.25) is 5.91 Å². The van der Waals surface area contributed by atoms with Crippen LogP contribution < -0.4 is 0 Å². The minimum absolute atomic E-state index is 0.0206. The summed E-state index contributed by atoms with van der Waals surface area (Å²) in [6.45, 7) is 6.64. The summed E-state index contributed by atoms with van der Waals surface area (Å²) >= 11 is 1.80. The minimum Gasteiger partial charge on any atom is -0.303 e. The van der Waals surface area contributed by atoms with Gasteiger partial charge in [-0.15, -0.1) is 11.3 Å². The van der Waals surface area contributed by atoms with Gasteiger partial charge in [0.15, 0.2) is 0 Å². The van der Waals surface area contributed by atoms with Gasteiger partial charge in [-0.1, -0.05) is 31.2 Å². The van der Waals surface area contributed by atoms with Gasteiger partial charge in [-0.2, -0.15) is 0 Å². The summed E-state index contributed by atoms with van der Waals surface area (Å²) in [7, 11) is 0. The zero-order valence-corrected chi connectivity index (χ0v) is 16.8. The van der Waals surface area contributed by atoms with Gasteiger partial charge in [0.1, 0.15) is 12.4 Å². The maximum atomic E-state index is 13.8. The van der Waals surface area contributed by atoms with Gasteiger partial charge in [0, 0.05) is 37.0 Å². The Morgan fingerprint density at radius 1 is 1.33 bits per heavy atom. The number of halogens is 1. The zero-order chi connectivity index (χ0) is 19.2. The van der Waals surface area contributed by atoms with Crippen molar-refractivity contribution >= 4 is 17.2 Å². The van der Waals surface area contributed by atoms with Gasteiger partial charge < -0.3 is 4.90 Å². The van der Waals surface area contributed by atoms with Crippen LogP contribution in [0.25, 0.3) is 0 Å². The van der Waals surface area contributed by atoms with Crippen molar-refractivity contribution < 1.29 is 14.0 Å². The van der Waals surface area contributed by atoms with Crippen LogP contribution in [-0.2, 0) is 22.7 Å². The summed E-state index contributed by atoms with van der Waals surface area (Å²) in [6.07, 6.45) is 1.93. The van der Waals surface area contributed by atoms with Crippen LogP contribution in [0.3, 0.4) is 0 Å². The first-order valence-corrected chi connectivity index (χ1v) is 10.3. The van der Waals surface area contributed by atoms with E-state index in [1.807, 2.05) is 0 Å². The van der Waals surface area contributed by atoms with Crippen LogP contribution in [0.1, 0.15) is 30.7 Å². The molecule has 4 nitrogen and oxygen atoms in total. The molecule has 1 aliphatic heterocycles. The van der Waals surface area contributed by atoms with Crippen LogP contribution in [0.4, 0.5) is 4.39 Å². The van der Waals surface area contributed by atoms with Gasteiger partial charge in [0.25, 0.3) is 0 Å². The highest BCUT2D eigenvalue weighted by Crippen LogP contribution is 2.24. The maximum absolute atomic E-state index is 13.8. The third-order valence-corrected chi connectivity index (χ3v) is 6.06. The molecule has 0 spiro atoms. The Kier molecular flexibility index (Phi) is 6.99. The van der Waals surface area contributed by atoms with Crippen molar-refractivity contribution in [1.29, 1.82) is 0 Å². The summed E-state index contributed by atoms with van der Waals surface area (Å²) < 4.78 is 13.8. The molecule has 0 N–H and O–H groups in total. The summed E-state index contributed by atoms with van der Waals surface area (Å²) in [5.74, 6) is -0.140. The third kappa shape index (κ3) is 5.37. The smallest absolute Gasteiger partial charge is 0.243 e. The Labute approximate surface area is 164 Å². The molecule has 27 heavy (non-hydrogen) atoms. The topological polar surface area (TPSA) is 32.8 Å². The lowest BCUT2D eigenvalue weighted by Gasteiger charge is -2.41. The number of thiophene rings is 1. The van der Waals surface area contributed by atoms with Crippen LogP contribution in [0.15, 0.2) is 41.8 Å². The fraction of sp³-hybridized carbons (Fsp3) is 0.476. The molecule has 2 aromatic rings. The van der Waals surface area contributed by atoms with Crippen LogP contribution >= 0.6 is 11.3 Å². The molecule has 0 unspecified atom stereocenters. The quantitative estimate of drug-likeness (QED) is 0.667. The predicted octanol–water partition coefficient (Wildman–Crippen LogP) is 4.12. The van der Waals surface area contributed by atoms with E-state index < -0.39 is 0 Å². The Balaban J connectivity index is 1.55.